The molecule has 2 amide bonds. The summed E-state index contributed by atoms with van der Waals surface area (Å²) in [5.74, 6) is 0.241. The van der Waals surface area contributed by atoms with Crippen LogP contribution in [0.15, 0.2) is 51.8 Å². The van der Waals surface area contributed by atoms with Crippen LogP contribution >= 0.6 is 11.8 Å². The average molecular weight is 431 g/mol. The fraction of sp³-hybridized carbons (Fsp3) is 0.211. The quantitative estimate of drug-likeness (QED) is 0.619. The Bertz CT molecular complexity index is 1100. The van der Waals surface area contributed by atoms with Crippen LogP contribution in [0.4, 0.5) is 10.5 Å². The molecule has 0 spiro atoms. The van der Waals surface area contributed by atoms with Crippen molar-refractivity contribution in [2.24, 2.45) is 0 Å². The Hall–Kier alpha value is -2.87. The van der Waals surface area contributed by atoms with E-state index < -0.39 is 21.2 Å². The maximum absolute atomic E-state index is 12.6. The van der Waals surface area contributed by atoms with Crippen LogP contribution in [0.2, 0.25) is 0 Å². The molecule has 1 saturated heterocycles. The van der Waals surface area contributed by atoms with Crippen LogP contribution in [0.3, 0.4) is 0 Å². The SMILES string of the molecule is CS(=O)(=O)N(CCC#N)Cc1ccc(/C=C2\SC(=O)N(c3ccccc3)C2=O)o1. The Kier molecular flexibility index (Phi) is 6.22. The second-order valence-electron chi connectivity index (χ2n) is 6.16. The van der Waals surface area contributed by atoms with Crippen LogP contribution in [-0.4, -0.2) is 36.7 Å². The van der Waals surface area contributed by atoms with E-state index in [4.69, 9.17) is 9.68 Å². The zero-order chi connectivity index (χ0) is 21.0. The number of sulfonamides is 1. The minimum Gasteiger partial charge on any atom is -0.460 e. The van der Waals surface area contributed by atoms with Crippen LogP contribution in [0.25, 0.3) is 6.08 Å². The lowest BCUT2D eigenvalue weighted by Crippen LogP contribution is -2.30. The van der Waals surface area contributed by atoms with E-state index in [1.54, 1.807) is 42.5 Å². The summed E-state index contributed by atoms with van der Waals surface area (Å²) in [6, 6.07) is 13.7. The lowest BCUT2D eigenvalue weighted by atomic mass is 10.3. The summed E-state index contributed by atoms with van der Waals surface area (Å²) in [6.45, 7) is 0.0289. The topological polar surface area (TPSA) is 112 Å². The molecule has 2 aromatic rings. The highest BCUT2D eigenvalue weighted by Crippen LogP contribution is 2.35. The second-order valence-corrected chi connectivity index (χ2v) is 9.14. The molecule has 0 atom stereocenters. The van der Waals surface area contributed by atoms with E-state index in [0.29, 0.717) is 17.2 Å². The highest BCUT2D eigenvalue weighted by molar-refractivity contribution is 8.19. The average Bonchev–Trinajstić information content (AvgIpc) is 3.22. The molecule has 0 saturated carbocycles. The standard InChI is InChI=1S/C19H17N3O5S2/c1-29(25,26)21(11-5-10-20)13-16-9-8-15(27-16)12-17-18(23)22(19(24)28-17)14-6-3-2-4-7-14/h2-4,6-9,12H,5,11,13H2,1H3/b17-12-. The van der Waals surface area contributed by atoms with Crippen molar-refractivity contribution in [3.8, 4) is 6.07 Å². The number of para-hydroxylation sites is 1. The monoisotopic (exact) mass is 431 g/mol. The molecule has 0 radical (unpaired) electrons. The van der Waals surface area contributed by atoms with Crippen LogP contribution < -0.4 is 4.90 Å². The molecule has 8 nitrogen and oxygen atoms in total. The van der Waals surface area contributed by atoms with E-state index in [0.717, 1.165) is 27.2 Å². The number of nitrogens with zero attached hydrogens (tertiary/aromatic N) is 3. The van der Waals surface area contributed by atoms with Gasteiger partial charge in [-0.25, -0.2) is 13.3 Å². The number of rotatable bonds is 7. The first-order chi connectivity index (χ1) is 13.8. The second kappa shape index (κ2) is 8.65. The summed E-state index contributed by atoms with van der Waals surface area (Å²) in [4.78, 5) is 26.2. The fourth-order valence-corrected chi connectivity index (χ4v) is 4.27. The van der Waals surface area contributed by atoms with Crippen molar-refractivity contribution in [3.05, 3.63) is 58.9 Å². The lowest BCUT2D eigenvalue weighted by molar-refractivity contribution is -0.113. The Morgan fingerprint density at radius 2 is 1.93 bits per heavy atom. The zero-order valence-corrected chi connectivity index (χ0v) is 17.1. The third-order valence-corrected chi connectivity index (χ3v) is 6.16. The zero-order valence-electron chi connectivity index (χ0n) is 15.4. The number of carbonyl (C=O) groups excluding carboxylic acids is 2. The first-order valence-electron chi connectivity index (χ1n) is 8.53. The first-order valence-corrected chi connectivity index (χ1v) is 11.2. The first kappa shape index (κ1) is 20.9. The summed E-state index contributed by atoms with van der Waals surface area (Å²) in [6.07, 6.45) is 2.58. The number of nitriles is 1. The van der Waals surface area contributed by atoms with E-state index in [9.17, 15) is 18.0 Å². The van der Waals surface area contributed by atoms with Gasteiger partial charge in [-0.1, -0.05) is 18.2 Å². The molecular weight excluding hydrogens is 414 g/mol. The van der Waals surface area contributed by atoms with Gasteiger partial charge in [0, 0.05) is 19.0 Å². The van der Waals surface area contributed by atoms with Crippen molar-refractivity contribution in [1.29, 1.82) is 5.26 Å². The molecule has 150 valence electrons. The van der Waals surface area contributed by atoms with Gasteiger partial charge in [0.2, 0.25) is 10.0 Å². The van der Waals surface area contributed by atoms with Crippen molar-refractivity contribution < 1.29 is 22.4 Å². The van der Waals surface area contributed by atoms with E-state index >= 15 is 0 Å². The number of amides is 2. The number of carbonyl (C=O) groups is 2. The van der Waals surface area contributed by atoms with Crippen molar-refractivity contribution in [2.45, 2.75) is 13.0 Å². The van der Waals surface area contributed by atoms with Gasteiger partial charge in [0.1, 0.15) is 11.5 Å². The molecule has 0 aliphatic carbocycles. The molecule has 2 heterocycles. The fourth-order valence-electron chi connectivity index (χ4n) is 2.66. The predicted octanol–water partition coefficient (Wildman–Crippen LogP) is 3.20. The Morgan fingerprint density at radius 1 is 1.21 bits per heavy atom. The summed E-state index contributed by atoms with van der Waals surface area (Å²) < 4.78 is 30.5. The van der Waals surface area contributed by atoms with Crippen LogP contribution in [-0.2, 0) is 21.4 Å². The molecule has 3 rings (SSSR count). The minimum atomic E-state index is -3.51. The molecular formula is C19H17N3O5S2. The molecule has 1 aromatic carbocycles. The Balaban J connectivity index is 1.77. The van der Waals surface area contributed by atoms with Crippen molar-refractivity contribution in [2.75, 3.05) is 17.7 Å². The van der Waals surface area contributed by atoms with E-state index in [-0.39, 0.29) is 24.4 Å². The number of benzene rings is 1. The highest BCUT2D eigenvalue weighted by Gasteiger charge is 2.36. The third kappa shape index (κ3) is 4.95. The molecule has 1 aromatic heterocycles. The highest BCUT2D eigenvalue weighted by atomic mass is 32.2. The molecule has 1 aliphatic heterocycles. The van der Waals surface area contributed by atoms with Gasteiger partial charge in [-0.2, -0.15) is 9.57 Å². The maximum atomic E-state index is 12.6. The number of anilines is 1. The normalized spacial score (nSPS) is 16.0. The number of hydrogen-bond acceptors (Lipinski definition) is 7. The predicted molar refractivity (Wildman–Crippen MR) is 109 cm³/mol. The van der Waals surface area contributed by atoms with Gasteiger partial charge < -0.3 is 4.42 Å². The van der Waals surface area contributed by atoms with Crippen LogP contribution in [0, 0.1) is 11.3 Å². The molecule has 29 heavy (non-hydrogen) atoms. The number of imide groups is 1. The van der Waals surface area contributed by atoms with Crippen LogP contribution in [0.1, 0.15) is 17.9 Å². The van der Waals surface area contributed by atoms with Crippen molar-refractivity contribution in [1.82, 2.24) is 4.31 Å². The summed E-state index contributed by atoms with van der Waals surface area (Å²) in [5, 5.41) is 8.29. The lowest BCUT2D eigenvalue weighted by Gasteiger charge is -2.16. The van der Waals surface area contributed by atoms with E-state index in [1.165, 1.54) is 6.08 Å². The van der Waals surface area contributed by atoms with Crippen molar-refractivity contribution >= 4 is 44.7 Å². The molecule has 0 unspecified atom stereocenters. The smallest absolute Gasteiger partial charge is 0.298 e. The van der Waals surface area contributed by atoms with E-state index in [2.05, 4.69) is 0 Å². The molecule has 0 bridgehead atoms. The molecule has 1 aliphatic rings. The van der Waals surface area contributed by atoms with Gasteiger partial charge in [-0.15, -0.1) is 0 Å². The molecule has 1 fully saturated rings. The summed E-state index contributed by atoms with van der Waals surface area (Å²) in [7, 11) is -3.51. The van der Waals surface area contributed by atoms with Gasteiger partial charge in [0.15, 0.2) is 0 Å². The number of hydrogen-bond donors (Lipinski definition) is 0. The molecule has 0 N–H and O–H groups in total. The van der Waals surface area contributed by atoms with Gasteiger partial charge in [-0.05, 0) is 36.0 Å². The largest absolute Gasteiger partial charge is 0.460 e. The Morgan fingerprint density at radius 3 is 2.59 bits per heavy atom. The van der Waals surface area contributed by atoms with Gasteiger partial charge in [0.05, 0.1) is 29.5 Å². The van der Waals surface area contributed by atoms with E-state index in [1.807, 2.05) is 6.07 Å². The number of thioether (sulfide) groups is 1. The summed E-state index contributed by atoms with van der Waals surface area (Å²) >= 11 is 0.806. The third-order valence-electron chi connectivity index (χ3n) is 4.04. The van der Waals surface area contributed by atoms with Gasteiger partial charge >= 0.3 is 0 Å². The number of furan rings is 1. The summed E-state index contributed by atoms with van der Waals surface area (Å²) in [5.41, 5.74) is 0.486. The van der Waals surface area contributed by atoms with Gasteiger partial charge in [0.25, 0.3) is 11.1 Å². The van der Waals surface area contributed by atoms with Crippen LogP contribution in [0.5, 0.6) is 0 Å². The Labute approximate surface area is 172 Å². The molecule has 10 heteroatoms. The van der Waals surface area contributed by atoms with Crippen molar-refractivity contribution in [3.63, 3.8) is 0 Å². The maximum Gasteiger partial charge on any atom is 0.298 e. The van der Waals surface area contributed by atoms with Gasteiger partial charge in [-0.3, -0.25) is 9.59 Å². The minimum absolute atomic E-state index is 0.0279.